The number of amides is 1. The molecule has 0 saturated carbocycles. The van der Waals surface area contributed by atoms with Crippen molar-refractivity contribution in [2.24, 2.45) is 0 Å². The summed E-state index contributed by atoms with van der Waals surface area (Å²) in [6.07, 6.45) is -3.44. The maximum atomic E-state index is 13.4. The van der Waals surface area contributed by atoms with Gasteiger partial charge < -0.3 is 9.64 Å². The molecule has 1 aromatic heterocycles. The van der Waals surface area contributed by atoms with Crippen LogP contribution in [0, 0.1) is 0 Å². The molecular weight excluding hydrogens is 456 g/mol. The highest BCUT2D eigenvalue weighted by atomic mass is 35.5. The number of hydrogen-bond donors (Lipinski definition) is 0. The molecule has 6 nitrogen and oxygen atoms in total. The Morgan fingerprint density at radius 3 is 2.26 bits per heavy atom. The molecule has 1 aromatic carbocycles. The highest BCUT2D eigenvalue weighted by molar-refractivity contribution is 6.32. The Hall–Kier alpha value is -2.00. The lowest BCUT2D eigenvalue weighted by Gasteiger charge is -2.42. The lowest BCUT2D eigenvalue weighted by atomic mass is 10.1. The summed E-state index contributed by atoms with van der Waals surface area (Å²) in [5.41, 5.74) is -1.34. The van der Waals surface area contributed by atoms with Gasteiger partial charge in [0, 0.05) is 18.5 Å². The van der Waals surface area contributed by atoms with Crippen molar-refractivity contribution < 1.29 is 22.7 Å². The van der Waals surface area contributed by atoms with Crippen molar-refractivity contribution in [2.45, 2.75) is 57.5 Å². The number of benzene rings is 1. The fraction of sp³-hybridized carbons (Fsp3) is 0.550. The molecule has 31 heavy (non-hydrogen) atoms. The lowest BCUT2D eigenvalue weighted by molar-refractivity contribution is -0.137. The zero-order chi connectivity index (χ0) is 22.7. The summed E-state index contributed by atoms with van der Waals surface area (Å²) in [7, 11) is 0. The van der Waals surface area contributed by atoms with Crippen molar-refractivity contribution in [3.05, 3.63) is 28.0 Å². The van der Waals surface area contributed by atoms with Gasteiger partial charge in [-0.3, -0.25) is 4.90 Å². The van der Waals surface area contributed by atoms with E-state index in [1.807, 2.05) is 4.90 Å². The van der Waals surface area contributed by atoms with Crippen LogP contribution in [0.1, 0.15) is 39.2 Å². The SMILES string of the molecule is CC(C)(C)OC(=O)N1C2CCC1CN(c1nc(Cl)nc3cc(Cl)c(C(F)(F)F)cc13)C2. The van der Waals surface area contributed by atoms with Crippen molar-refractivity contribution in [3.63, 3.8) is 0 Å². The van der Waals surface area contributed by atoms with Gasteiger partial charge in [0.2, 0.25) is 5.28 Å². The molecule has 11 heteroatoms. The Kier molecular flexibility index (Phi) is 5.41. The quantitative estimate of drug-likeness (QED) is 0.505. The Bertz CT molecular complexity index is 1030. The molecule has 0 N–H and O–H groups in total. The number of carbonyl (C=O) groups excluding carboxylic acids is 1. The third-order valence-electron chi connectivity index (χ3n) is 5.43. The topological polar surface area (TPSA) is 58.6 Å². The molecule has 2 aliphatic rings. The van der Waals surface area contributed by atoms with E-state index in [9.17, 15) is 18.0 Å². The third kappa shape index (κ3) is 4.35. The van der Waals surface area contributed by atoms with Crippen molar-refractivity contribution in [1.82, 2.24) is 14.9 Å². The number of piperazine rings is 1. The van der Waals surface area contributed by atoms with Crippen LogP contribution in [0.4, 0.5) is 23.8 Å². The van der Waals surface area contributed by atoms with Crippen molar-refractivity contribution in [2.75, 3.05) is 18.0 Å². The number of hydrogen-bond acceptors (Lipinski definition) is 5. The smallest absolute Gasteiger partial charge is 0.417 e. The van der Waals surface area contributed by atoms with Crippen LogP contribution < -0.4 is 4.90 Å². The second kappa shape index (κ2) is 7.55. The fourth-order valence-corrected chi connectivity index (χ4v) is 4.69. The van der Waals surface area contributed by atoms with E-state index in [0.29, 0.717) is 18.9 Å². The molecule has 2 fully saturated rings. The average Bonchev–Trinajstić information content (AvgIpc) is 2.88. The average molecular weight is 477 g/mol. The molecule has 2 saturated heterocycles. The summed E-state index contributed by atoms with van der Waals surface area (Å²) in [6, 6.07) is 1.85. The van der Waals surface area contributed by atoms with Gasteiger partial charge in [0.25, 0.3) is 0 Å². The minimum atomic E-state index is -4.61. The largest absolute Gasteiger partial charge is 0.444 e. The van der Waals surface area contributed by atoms with E-state index in [4.69, 9.17) is 27.9 Å². The predicted molar refractivity (Wildman–Crippen MR) is 112 cm³/mol. The van der Waals surface area contributed by atoms with Gasteiger partial charge in [-0.2, -0.15) is 18.2 Å². The van der Waals surface area contributed by atoms with E-state index in [1.165, 1.54) is 0 Å². The van der Waals surface area contributed by atoms with E-state index in [0.717, 1.165) is 25.0 Å². The minimum absolute atomic E-state index is 0.0831. The van der Waals surface area contributed by atoms with Gasteiger partial charge >= 0.3 is 12.3 Å². The molecule has 0 radical (unpaired) electrons. The number of rotatable bonds is 1. The van der Waals surface area contributed by atoms with Gasteiger partial charge in [-0.05, 0) is 57.3 Å². The first-order valence-electron chi connectivity index (χ1n) is 9.84. The number of aromatic nitrogens is 2. The second-order valence-corrected chi connectivity index (χ2v) is 9.59. The van der Waals surface area contributed by atoms with Crippen LogP contribution in [-0.4, -0.2) is 51.7 Å². The first-order chi connectivity index (χ1) is 14.3. The molecule has 2 aliphatic heterocycles. The molecule has 0 aliphatic carbocycles. The zero-order valence-corrected chi connectivity index (χ0v) is 18.6. The Morgan fingerprint density at radius 2 is 1.71 bits per heavy atom. The van der Waals surface area contributed by atoms with Gasteiger partial charge in [-0.15, -0.1) is 0 Å². The maximum Gasteiger partial charge on any atom is 0.417 e. The van der Waals surface area contributed by atoms with Crippen molar-refractivity contribution in [1.29, 1.82) is 0 Å². The standard InChI is InChI=1S/C20H21Cl2F3N4O2/c1-19(2,3)31-18(30)29-10-4-5-11(29)9-28(8-10)16-12-6-13(20(23,24)25)14(21)7-15(12)26-17(22)27-16/h6-7,10-11H,4-5,8-9H2,1-3H3. The summed E-state index contributed by atoms with van der Waals surface area (Å²) in [5, 5.41) is -0.318. The minimum Gasteiger partial charge on any atom is -0.444 e. The molecule has 2 bridgehead atoms. The molecule has 1 amide bonds. The van der Waals surface area contributed by atoms with Crippen LogP contribution in [0.15, 0.2) is 12.1 Å². The first kappa shape index (κ1) is 22.2. The maximum absolute atomic E-state index is 13.4. The molecular formula is C20H21Cl2F3N4O2. The van der Waals surface area contributed by atoms with Crippen LogP contribution in [0.5, 0.6) is 0 Å². The van der Waals surface area contributed by atoms with E-state index < -0.39 is 22.4 Å². The van der Waals surface area contributed by atoms with Gasteiger partial charge in [0.05, 0.1) is 28.2 Å². The van der Waals surface area contributed by atoms with Crippen molar-refractivity contribution in [3.8, 4) is 0 Å². The van der Waals surface area contributed by atoms with Crippen LogP contribution in [0.3, 0.4) is 0 Å². The number of ether oxygens (including phenoxy) is 1. The van der Waals surface area contributed by atoms with E-state index in [2.05, 4.69) is 9.97 Å². The molecule has 2 atom stereocenters. The number of nitrogens with zero attached hydrogens (tertiary/aromatic N) is 4. The molecule has 2 unspecified atom stereocenters. The van der Waals surface area contributed by atoms with E-state index >= 15 is 0 Å². The van der Waals surface area contributed by atoms with Crippen molar-refractivity contribution >= 4 is 46.0 Å². The summed E-state index contributed by atoms with van der Waals surface area (Å²) in [4.78, 5) is 24.6. The lowest BCUT2D eigenvalue weighted by Crippen LogP contribution is -2.57. The normalized spacial score (nSPS) is 21.7. The molecule has 0 spiro atoms. The van der Waals surface area contributed by atoms with E-state index in [1.54, 1.807) is 25.7 Å². The van der Waals surface area contributed by atoms with Crippen LogP contribution in [-0.2, 0) is 10.9 Å². The van der Waals surface area contributed by atoms with Gasteiger partial charge in [0.1, 0.15) is 11.4 Å². The Morgan fingerprint density at radius 1 is 1.10 bits per heavy atom. The Labute approximate surface area is 187 Å². The van der Waals surface area contributed by atoms with Crippen LogP contribution >= 0.6 is 23.2 Å². The highest BCUT2D eigenvalue weighted by Gasteiger charge is 2.45. The number of anilines is 1. The van der Waals surface area contributed by atoms with Crippen LogP contribution in [0.25, 0.3) is 10.9 Å². The highest BCUT2D eigenvalue weighted by Crippen LogP contribution is 2.40. The van der Waals surface area contributed by atoms with Gasteiger partial charge in [-0.1, -0.05) is 11.6 Å². The summed E-state index contributed by atoms with van der Waals surface area (Å²) in [5.74, 6) is 0.304. The number of alkyl halides is 3. The van der Waals surface area contributed by atoms with Gasteiger partial charge in [-0.25, -0.2) is 9.78 Å². The molecule has 168 valence electrons. The fourth-order valence-electron chi connectivity index (χ4n) is 4.25. The first-order valence-corrected chi connectivity index (χ1v) is 10.6. The second-order valence-electron chi connectivity index (χ2n) is 8.84. The van der Waals surface area contributed by atoms with Gasteiger partial charge in [0.15, 0.2) is 0 Å². The monoisotopic (exact) mass is 476 g/mol. The summed E-state index contributed by atoms with van der Waals surface area (Å²) >= 11 is 11.9. The van der Waals surface area contributed by atoms with E-state index in [-0.39, 0.29) is 34.4 Å². The number of halogens is 5. The summed E-state index contributed by atoms with van der Waals surface area (Å²) < 4.78 is 45.8. The zero-order valence-electron chi connectivity index (χ0n) is 17.1. The molecule has 4 rings (SSSR count). The van der Waals surface area contributed by atoms with Crippen LogP contribution in [0.2, 0.25) is 10.3 Å². The number of fused-ring (bicyclic) bond motifs is 3. The number of carbonyl (C=O) groups is 1. The third-order valence-corrected chi connectivity index (χ3v) is 5.91. The molecule has 2 aromatic rings. The summed E-state index contributed by atoms with van der Waals surface area (Å²) in [6.45, 7) is 6.23. The molecule has 3 heterocycles. The Balaban J connectivity index is 1.70. The predicted octanol–water partition coefficient (Wildman–Crippen LogP) is 5.54.